The van der Waals surface area contributed by atoms with Gasteiger partial charge in [-0.1, -0.05) is 68.7 Å². The van der Waals surface area contributed by atoms with Crippen molar-refractivity contribution < 1.29 is 28.1 Å². The third-order valence-corrected chi connectivity index (χ3v) is 9.49. The topological polar surface area (TPSA) is 105 Å². The van der Waals surface area contributed by atoms with E-state index < -0.39 is 22.6 Å². The summed E-state index contributed by atoms with van der Waals surface area (Å²) in [6.07, 6.45) is 10.4. The molecule has 2 atom stereocenters. The van der Waals surface area contributed by atoms with Gasteiger partial charge in [-0.2, -0.15) is 0 Å². The molecule has 1 aliphatic heterocycles. The van der Waals surface area contributed by atoms with Crippen molar-refractivity contribution in [2.45, 2.75) is 81.4 Å². The van der Waals surface area contributed by atoms with Gasteiger partial charge in [0.2, 0.25) is 0 Å². The highest BCUT2D eigenvalue weighted by molar-refractivity contribution is 7.82. The third-order valence-electron chi connectivity index (χ3n) is 7.81. The monoisotopic (exact) mass is 595 g/mol. The molecule has 4 rings (SSSR count). The molecule has 1 saturated carbocycles. The zero-order valence-corrected chi connectivity index (χ0v) is 25.3. The molecule has 2 unspecified atom stereocenters. The van der Waals surface area contributed by atoms with Gasteiger partial charge in [-0.15, -0.1) is 0 Å². The maximum Gasteiger partial charge on any atom is 0.407 e. The number of unbranched alkanes of at least 4 members (excludes halogenated alkanes) is 3. The Balaban J connectivity index is 1.38. The number of nitrogens with zero attached hydrogens (tertiary/aromatic N) is 2. The summed E-state index contributed by atoms with van der Waals surface area (Å²) >= 11 is 0. The molecule has 0 radical (unpaired) electrons. The van der Waals surface area contributed by atoms with Gasteiger partial charge in [-0.3, -0.25) is 9.59 Å². The van der Waals surface area contributed by atoms with Gasteiger partial charge in [0.15, 0.2) is 13.0 Å². The van der Waals surface area contributed by atoms with Gasteiger partial charge in [0.1, 0.15) is 17.6 Å². The number of hydrogen-bond acceptors (Lipinski definition) is 7. The van der Waals surface area contributed by atoms with Crippen LogP contribution < -0.4 is 5.32 Å². The van der Waals surface area contributed by atoms with Gasteiger partial charge in [0.05, 0.1) is 16.5 Å². The lowest BCUT2D eigenvalue weighted by Gasteiger charge is -2.28. The molecule has 226 valence electrons. The first kappa shape index (κ1) is 31.4. The van der Waals surface area contributed by atoms with Crippen LogP contribution in [0.4, 0.5) is 4.79 Å². The van der Waals surface area contributed by atoms with Gasteiger partial charge in [-0.05, 0) is 43.4 Å². The summed E-state index contributed by atoms with van der Waals surface area (Å²) in [6.45, 7) is 2.93. The van der Waals surface area contributed by atoms with Gasteiger partial charge >= 0.3 is 12.1 Å². The molecule has 1 N–H and O–H groups in total. The van der Waals surface area contributed by atoms with Gasteiger partial charge in [-0.25, -0.2) is 13.3 Å². The van der Waals surface area contributed by atoms with Crippen molar-refractivity contribution in [3.8, 4) is 0 Å². The van der Waals surface area contributed by atoms with Crippen LogP contribution in [0.5, 0.6) is 0 Å². The van der Waals surface area contributed by atoms with Crippen molar-refractivity contribution >= 4 is 35.4 Å². The molecule has 2 aromatic carbocycles. The van der Waals surface area contributed by atoms with Crippen LogP contribution in [-0.2, 0) is 31.9 Å². The van der Waals surface area contributed by atoms with E-state index in [9.17, 15) is 18.6 Å². The van der Waals surface area contributed by atoms with Gasteiger partial charge < -0.3 is 19.7 Å². The van der Waals surface area contributed by atoms with Crippen molar-refractivity contribution in [2.75, 3.05) is 20.3 Å². The molecule has 1 saturated heterocycles. The van der Waals surface area contributed by atoms with E-state index >= 15 is 0 Å². The van der Waals surface area contributed by atoms with Crippen LogP contribution in [0.3, 0.4) is 0 Å². The highest BCUT2D eigenvalue weighted by Gasteiger charge is 2.60. The van der Waals surface area contributed by atoms with E-state index in [-0.39, 0.29) is 25.3 Å². The van der Waals surface area contributed by atoms with Crippen molar-refractivity contribution in [1.82, 2.24) is 14.5 Å². The smallest absolute Gasteiger partial charge is 0.407 e. The fraction of sp³-hybridized carbons (Fsp3) is 0.469. The maximum absolute atomic E-state index is 14.0. The SMILES string of the molecule is CCCCCCC(=O)OCN(C)/C=C\c1c(C=O)cccc1S(=O)N1CCC(NC(=O)OCc2ccccc2)C12CC2. The number of hydrogen-bond donors (Lipinski definition) is 1. The largest absolute Gasteiger partial charge is 0.445 e. The summed E-state index contributed by atoms with van der Waals surface area (Å²) in [5.74, 6) is -0.239. The molecule has 2 fully saturated rings. The highest BCUT2D eigenvalue weighted by Crippen LogP contribution is 2.51. The standard InChI is InChI=1S/C32H41N3O6S/c1-3-4-5-9-15-30(37)41-24-34(2)20-16-27-26(22-36)13-10-14-28(27)42(39)35-21-17-29(32(35)18-19-32)33-31(38)40-23-25-11-7-6-8-12-25/h6-8,10-14,16,20,22,29H,3-5,9,15,17-19,21,23-24H2,1-2H3,(H,33,38)/b20-16-. The van der Waals surface area contributed by atoms with Gasteiger partial charge in [0.25, 0.3) is 0 Å². The minimum atomic E-state index is -1.56. The van der Waals surface area contributed by atoms with Crippen LogP contribution in [0, 0.1) is 0 Å². The third kappa shape index (κ3) is 8.07. The summed E-state index contributed by atoms with van der Waals surface area (Å²) in [5.41, 5.74) is 1.47. The molecule has 2 aromatic rings. The molecule has 0 aromatic heterocycles. The molecular formula is C32H41N3O6S. The van der Waals surface area contributed by atoms with Crippen LogP contribution in [0.15, 0.2) is 59.6 Å². The van der Waals surface area contributed by atoms with E-state index in [1.54, 1.807) is 42.4 Å². The molecule has 10 heteroatoms. The fourth-order valence-corrected chi connectivity index (χ4v) is 7.02. The Morgan fingerprint density at radius 1 is 1.10 bits per heavy atom. The second-order valence-corrected chi connectivity index (χ2v) is 12.3. The average Bonchev–Trinajstić information content (AvgIpc) is 3.73. The quantitative estimate of drug-likeness (QED) is 0.127. The number of carbonyl (C=O) groups is 3. The average molecular weight is 596 g/mol. The Morgan fingerprint density at radius 3 is 2.60 bits per heavy atom. The van der Waals surface area contributed by atoms with E-state index in [4.69, 9.17) is 9.47 Å². The molecule has 1 heterocycles. The lowest BCUT2D eigenvalue weighted by molar-refractivity contribution is -0.147. The number of esters is 1. The number of rotatable bonds is 15. The number of carbonyl (C=O) groups excluding carboxylic acids is 3. The second-order valence-electron chi connectivity index (χ2n) is 10.9. The molecular weight excluding hydrogens is 554 g/mol. The Labute approximate surface area is 250 Å². The first-order valence-corrected chi connectivity index (χ1v) is 15.8. The van der Waals surface area contributed by atoms with Crippen molar-refractivity contribution in [3.63, 3.8) is 0 Å². The van der Waals surface area contributed by atoms with Crippen LogP contribution in [0.1, 0.15) is 79.8 Å². The summed E-state index contributed by atoms with van der Waals surface area (Å²) < 4.78 is 26.7. The highest BCUT2D eigenvalue weighted by atomic mass is 32.2. The molecule has 1 amide bonds. The van der Waals surface area contributed by atoms with Crippen LogP contribution >= 0.6 is 0 Å². The van der Waals surface area contributed by atoms with E-state index in [2.05, 4.69) is 12.2 Å². The summed E-state index contributed by atoms with van der Waals surface area (Å²) in [5, 5.41) is 3.00. The predicted molar refractivity (Wildman–Crippen MR) is 162 cm³/mol. The number of benzene rings is 2. The second kappa shape index (κ2) is 15.1. The minimum absolute atomic E-state index is 0.0771. The first-order valence-electron chi connectivity index (χ1n) is 14.7. The molecule has 2 aliphatic rings. The Bertz CT molecular complexity index is 1280. The Kier molecular flexibility index (Phi) is 11.3. The first-order chi connectivity index (χ1) is 20.4. The van der Waals surface area contributed by atoms with E-state index in [1.807, 2.05) is 34.6 Å². The number of ether oxygens (including phenoxy) is 2. The molecule has 42 heavy (non-hydrogen) atoms. The van der Waals surface area contributed by atoms with E-state index in [0.29, 0.717) is 35.4 Å². The van der Waals surface area contributed by atoms with Crippen molar-refractivity contribution in [3.05, 3.63) is 71.4 Å². The summed E-state index contributed by atoms with van der Waals surface area (Å²) in [4.78, 5) is 38.8. The number of alkyl carbamates (subject to hydrolysis) is 1. The molecule has 0 bridgehead atoms. The molecule has 1 spiro atoms. The molecule has 1 aliphatic carbocycles. The number of aldehydes is 1. The zero-order valence-electron chi connectivity index (χ0n) is 24.5. The van der Waals surface area contributed by atoms with E-state index in [0.717, 1.165) is 50.4 Å². The Hall–Kier alpha value is -3.50. The Morgan fingerprint density at radius 2 is 1.88 bits per heavy atom. The van der Waals surface area contributed by atoms with Crippen LogP contribution in [0.25, 0.3) is 6.08 Å². The number of nitrogens with one attached hydrogen (secondary N) is 1. The van der Waals surface area contributed by atoms with Crippen molar-refractivity contribution in [2.24, 2.45) is 0 Å². The number of amides is 1. The lowest BCUT2D eigenvalue weighted by atomic mass is 10.1. The van der Waals surface area contributed by atoms with Crippen molar-refractivity contribution in [1.29, 1.82) is 0 Å². The summed E-state index contributed by atoms with van der Waals surface area (Å²) in [6, 6.07) is 14.5. The van der Waals surface area contributed by atoms with E-state index in [1.165, 1.54) is 0 Å². The predicted octanol–water partition coefficient (Wildman–Crippen LogP) is 5.43. The lowest BCUT2D eigenvalue weighted by Crippen LogP contribution is -2.47. The maximum atomic E-state index is 14.0. The normalized spacial score (nSPS) is 18.1. The van der Waals surface area contributed by atoms with Crippen LogP contribution in [0.2, 0.25) is 0 Å². The van der Waals surface area contributed by atoms with Gasteiger partial charge in [0, 0.05) is 37.3 Å². The minimum Gasteiger partial charge on any atom is -0.445 e. The zero-order chi connectivity index (χ0) is 30.0. The van der Waals surface area contributed by atoms with Crippen LogP contribution in [-0.4, -0.2) is 63.7 Å². The fourth-order valence-electron chi connectivity index (χ4n) is 5.30. The molecule has 9 nitrogen and oxygen atoms in total. The summed E-state index contributed by atoms with van der Waals surface area (Å²) in [7, 11) is 0.209.